The van der Waals surface area contributed by atoms with Crippen LogP contribution in [0.5, 0.6) is 0 Å². The van der Waals surface area contributed by atoms with Crippen LogP contribution in [-0.4, -0.2) is 24.2 Å². The van der Waals surface area contributed by atoms with E-state index in [0.29, 0.717) is 31.0 Å². The van der Waals surface area contributed by atoms with Gasteiger partial charge < -0.3 is 20.0 Å². The van der Waals surface area contributed by atoms with Gasteiger partial charge in [-0.1, -0.05) is 0 Å². The number of hydrogen-bond acceptors (Lipinski definition) is 4. The van der Waals surface area contributed by atoms with Crippen LogP contribution in [0.25, 0.3) is 0 Å². The summed E-state index contributed by atoms with van der Waals surface area (Å²) in [7, 11) is 1.56. The molecule has 0 aromatic carbocycles. The first kappa shape index (κ1) is 11.2. The maximum Gasteiger partial charge on any atom is 0.317 e. The summed E-state index contributed by atoms with van der Waals surface area (Å²) in [6.45, 7) is 0.349. The molecule has 0 bridgehead atoms. The Labute approximate surface area is 93.2 Å². The lowest BCUT2D eigenvalue weighted by atomic mass is 9.64. The van der Waals surface area contributed by atoms with Crippen molar-refractivity contribution >= 4 is 5.97 Å². The Kier molecular flexibility index (Phi) is 2.73. The molecule has 1 aromatic rings. The highest BCUT2D eigenvalue weighted by Gasteiger charge is 2.52. The minimum absolute atomic E-state index is 0.0490. The van der Waals surface area contributed by atoms with Gasteiger partial charge in [-0.3, -0.25) is 4.79 Å². The largest absolute Gasteiger partial charge is 0.480 e. The molecule has 1 fully saturated rings. The van der Waals surface area contributed by atoms with Gasteiger partial charge in [0.05, 0.1) is 0 Å². The second-order valence-electron chi connectivity index (χ2n) is 4.25. The molecule has 5 nitrogen and oxygen atoms in total. The molecule has 0 spiro atoms. The minimum Gasteiger partial charge on any atom is -0.480 e. The number of rotatable bonds is 4. The molecule has 0 radical (unpaired) electrons. The predicted octanol–water partition coefficient (Wildman–Crippen LogP) is 0.870. The second kappa shape index (κ2) is 3.92. The molecule has 0 saturated heterocycles. The van der Waals surface area contributed by atoms with Gasteiger partial charge in [0, 0.05) is 13.2 Å². The number of nitrogens with two attached hydrogens (primary N) is 1. The maximum atomic E-state index is 11.3. The molecule has 16 heavy (non-hydrogen) atoms. The van der Waals surface area contributed by atoms with Crippen LogP contribution in [0.4, 0.5) is 0 Å². The number of ether oxygens (including phenoxy) is 1. The normalized spacial score (nSPS) is 28.8. The lowest BCUT2D eigenvalue weighted by molar-refractivity contribution is -0.149. The van der Waals surface area contributed by atoms with Gasteiger partial charge in [-0.25, -0.2) is 0 Å². The van der Waals surface area contributed by atoms with E-state index in [9.17, 15) is 9.90 Å². The third-order valence-electron chi connectivity index (χ3n) is 3.05. The van der Waals surface area contributed by atoms with Crippen LogP contribution < -0.4 is 5.73 Å². The van der Waals surface area contributed by atoms with Gasteiger partial charge in [0.2, 0.25) is 0 Å². The van der Waals surface area contributed by atoms with E-state index >= 15 is 0 Å². The summed E-state index contributed by atoms with van der Waals surface area (Å²) >= 11 is 0. The first-order chi connectivity index (χ1) is 7.58. The first-order valence-corrected chi connectivity index (χ1v) is 5.15. The lowest BCUT2D eigenvalue weighted by Crippen LogP contribution is -2.53. The van der Waals surface area contributed by atoms with E-state index in [2.05, 4.69) is 0 Å². The van der Waals surface area contributed by atoms with Gasteiger partial charge in [-0.05, 0) is 25.0 Å². The fourth-order valence-electron chi connectivity index (χ4n) is 2.17. The van der Waals surface area contributed by atoms with Crippen molar-refractivity contribution in [3.8, 4) is 0 Å². The summed E-state index contributed by atoms with van der Waals surface area (Å²) in [6.07, 6.45) is 0.866. The Bertz CT molecular complexity index is 392. The highest BCUT2D eigenvalue weighted by atomic mass is 16.5. The predicted molar refractivity (Wildman–Crippen MR) is 55.9 cm³/mol. The van der Waals surface area contributed by atoms with Crippen molar-refractivity contribution in [1.82, 2.24) is 0 Å². The van der Waals surface area contributed by atoms with E-state index in [-0.39, 0.29) is 6.04 Å². The van der Waals surface area contributed by atoms with Gasteiger partial charge in [-0.2, -0.15) is 0 Å². The van der Waals surface area contributed by atoms with Crippen molar-refractivity contribution in [1.29, 1.82) is 0 Å². The Hall–Kier alpha value is -1.33. The van der Waals surface area contributed by atoms with Crippen molar-refractivity contribution < 1.29 is 19.1 Å². The van der Waals surface area contributed by atoms with Crippen molar-refractivity contribution in [3.05, 3.63) is 23.7 Å². The number of hydrogen-bond donors (Lipinski definition) is 2. The quantitative estimate of drug-likeness (QED) is 0.794. The molecule has 0 aliphatic heterocycles. The number of carboxylic acid groups (broad SMARTS) is 1. The molecule has 1 aromatic heterocycles. The zero-order valence-corrected chi connectivity index (χ0v) is 9.10. The average molecular weight is 225 g/mol. The Balaban J connectivity index is 2.23. The summed E-state index contributed by atoms with van der Waals surface area (Å²) in [5.41, 5.74) is 4.74. The Morgan fingerprint density at radius 1 is 1.69 bits per heavy atom. The highest BCUT2D eigenvalue weighted by Crippen LogP contribution is 2.43. The highest BCUT2D eigenvalue weighted by molar-refractivity contribution is 5.82. The van der Waals surface area contributed by atoms with Gasteiger partial charge in [0.1, 0.15) is 23.5 Å². The number of carbonyl (C=O) groups is 1. The van der Waals surface area contributed by atoms with E-state index in [1.807, 2.05) is 0 Å². The van der Waals surface area contributed by atoms with Crippen molar-refractivity contribution in [3.63, 3.8) is 0 Å². The van der Waals surface area contributed by atoms with Crippen molar-refractivity contribution in [2.45, 2.75) is 30.9 Å². The molecular weight excluding hydrogens is 210 g/mol. The minimum atomic E-state index is -0.925. The Morgan fingerprint density at radius 2 is 2.38 bits per heavy atom. The van der Waals surface area contributed by atoms with Crippen LogP contribution in [0, 0.1) is 0 Å². The standard InChI is InChI=1S/C11H15NO4/c1-15-6-8-2-3-9(16-8)11(10(13)14)4-7(12)5-11/h2-3,7H,4-6,12H2,1H3,(H,13,14). The van der Waals surface area contributed by atoms with Crippen LogP contribution in [0.1, 0.15) is 24.4 Å². The van der Waals surface area contributed by atoms with Gasteiger partial charge in [-0.15, -0.1) is 0 Å². The molecule has 88 valence electrons. The molecule has 1 heterocycles. The zero-order valence-electron chi connectivity index (χ0n) is 9.10. The third-order valence-corrected chi connectivity index (χ3v) is 3.05. The molecule has 5 heteroatoms. The monoisotopic (exact) mass is 225 g/mol. The molecule has 1 saturated carbocycles. The van der Waals surface area contributed by atoms with E-state index in [1.165, 1.54) is 0 Å². The van der Waals surface area contributed by atoms with Gasteiger partial charge in [0.15, 0.2) is 0 Å². The molecule has 1 aliphatic carbocycles. The summed E-state index contributed by atoms with van der Waals surface area (Å²) in [6, 6.07) is 3.40. The molecule has 2 rings (SSSR count). The van der Waals surface area contributed by atoms with E-state index in [4.69, 9.17) is 14.9 Å². The third kappa shape index (κ3) is 1.62. The molecule has 0 amide bonds. The number of aliphatic carboxylic acids is 1. The number of furan rings is 1. The summed E-state index contributed by atoms with van der Waals surface area (Å²) < 4.78 is 10.4. The fraction of sp³-hybridized carbons (Fsp3) is 0.545. The fourth-order valence-corrected chi connectivity index (χ4v) is 2.17. The molecule has 0 unspecified atom stereocenters. The first-order valence-electron chi connectivity index (χ1n) is 5.15. The average Bonchev–Trinajstić information content (AvgIpc) is 2.61. The van der Waals surface area contributed by atoms with Crippen LogP contribution in [0.2, 0.25) is 0 Å². The van der Waals surface area contributed by atoms with E-state index in [1.54, 1.807) is 19.2 Å². The summed E-state index contributed by atoms with van der Waals surface area (Å²) in [4.78, 5) is 11.3. The molecule has 1 aliphatic rings. The summed E-state index contributed by atoms with van der Waals surface area (Å²) in [5, 5.41) is 9.25. The van der Waals surface area contributed by atoms with Crippen molar-refractivity contribution in [2.24, 2.45) is 5.73 Å². The van der Waals surface area contributed by atoms with Gasteiger partial charge >= 0.3 is 5.97 Å². The topological polar surface area (TPSA) is 85.7 Å². The Morgan fingerprint density at radius 3 is 2.88 bits per heavy atom. The van der Waals surface area contributed by atoms with Gasteiger partial charge in [0.25, 0.3) is 0 Å². The SMILES string of the molecule is COCc1ccc(C2(C(=O)O)CC(N)C2)o1. The number of methoxy groups -OCH3 is 1. The number of carboxylic acids is 1. The van der Waals surface area contributed by atoms with E-state index in [0.717, 1.165) is 0 Å². The zero-order chi connectivity index (χ0) is 11.8. The summed E-state index contributed by atoms with van der Waals surface area (Å²) in [5.74, 6) is 0.250. The van der Waals surface area contributed by atoms with Crippen LogP contribution in [0.3, 0.4) is 0 Å². The smallest absolute Gasteiger partial charge is 0.317 e. The van der Waals surface area contributed by atoms with Crippen LogP contribution in [0.15, 0.2) is 16.5 Å². The maximum absolute atomic E-state index is 11.3. The second-order valence-corrected chi connectivity index (χ2v) is 4.25. The van der Waals surface area contributed by atoms with Crippen molar-refractivity contribution in [2.75, 3.05) is 7.11 Å². The van der Waals surface area contributed by atoms with Crippen LogP contribution in [-0.2, 0) is 21.6 Å². The molecular formula is C11H15NO4. The molecule has 3 N–H and O–H groups in total. The van der Waals surface area contributed by atoms with E-state index < -0.39 is 11.4 Å². The molecule has 0 atom stereocenters. The van der Waals surface area contributed by atoms with Crippen LogP contribution >= 0.6 is 0 Å². The lowest BCUT2D eigenvalue weighted by Gasteiger charge is -2.40.